The van der Waals surface area contributed by atoms with Crippen molar-refractivity contribution in [2.45, 2.75) is 57.7 Å². The van der Waals surface area contributed by atoms with Crippen molar-refractivity contribution in [1.82, 2.24) is 20.0 Å². The van der Waals surface area contributed by atoms with Crippen molar-refractivity contribution in [2.75, 3.05) is 26.2 Å². The van der Waals surface area contributed by atoms with Crippen LogP contribution in [0.3, 0.4) is 0 Å². The van der Waals surface area contributed by atoms with E-state index in [2.05, 4.69) is 21.4 Å². The summed E-state index contributed by atoms with van der Waals surface area (Å²) >= 11 is 0. The van der Waals surface area contributed by atoms with E-state index in [1.165, 1.54) is 31.3 Å². The molecule has 1 aromatic heterocycles. The van der Waals surface area contributed by atoms with Gasteiger partial charge in [0.2, 0.25) is 5.91 Å². The lowest BCUT2D eigenvalue weighted by atomic mass is 9.97. The van der Waals surface area contributed by atoms with E-state index in [4.69, 9.17) is 4.74 Å². The summed E-state index contributed by atoms with van der Waals surface area (Å²) in [7, 11) is 0. The van der Waals surface area contributed by atoms with Gasteiger partial charge in [0.1, 0.15) is 0 Å². The summed E-state index contributed by atoms with van der Waals surface area (Å²) in [4.78, 5) is 14.7. The van der Waals surface area contributed by atoms with Crippen LogP contribution in [-0.4, -0.2) is 59.0 Å². The van der Waals surface area contributed by atoms with E-state index in [1.807, 2.05) is 23.9 Å². The number of hydrogen-bond donors (Lipinski definition) is 1. The molecule has 2 atom stereocenters. The van der Waals surface area contributed by atoms with Crippen LogP contribution in [0.15, 0.2) is 30.1 Å². The fourth-order valence-corrected chi connectivity index (χ4v) is 3.61. The number of carbonyl (C=O) groups excluding carboxylic acids is 1. The third kappa shape index (κ3) is 5.41. The van der Waals surface area contributed by atoms with Gasteiger partial charge in [0.05, 0.1) is 25.3 Å². The fourth-order valence-electron chi connectivity index (χ4n) is 3.61. The van der Waals surface area contributed by atoms with E-state index in [0.29, 0.717) is 6.61 Å². The highest BCUT2D eigenvalue weighted by molar-refractivity contribution is 5.81. The molecule has 1 N–H and O–H groups in total. The van der Waals surface area contributed by atoms with Crippen molar-refractivity contribution >= 4 is 5.91 Å². The minimum Gasteiger partial charge on any atom is -0.374 e. The molecule has 1 saturated heterocycles. The SMILES string of the molecule is CC(C(=O)NCCC1=CCCCC1)N1CCOC(Cn2cccn2)C1. The first-order valence-corrected chi connectivity index (χ1v) is 9.51. The van der Waals surface area contributed by atoms with Gasteiger partial charge in [-0.1, -0.05) is 11.6 Å². The Morgan fingerprint density at radius 3 is 3.16 bits per heavy atom. The van der Waals surface area contributed by atoms with E-state index in [-0.39, 0.29) is 18.1 Å². The predicted molar refractivity (Wildman–Crippen MR) is 97.2 cm³/mol. The number of rotatable bonds is 7. The second-order valence-electron chi connectivity index (χ2n) is 7.04. The van der Waals surface area contributed by atoms with Gasteiger partial charge in [-0.05, 0) is 45.1 Å². The molecule has 1 amide bonds. The molecule has 0 saturated carbocycles. The number of aromatic nitrogens is 2. The first kappa shape index (κ1) is 18.1. The molecular formula is C19H30N4O2. The van der Waals surface area contributed by atoms with Gasteiger partial charge in [-0.15, -0.1) is 0 Å². The molecule has 1 fully saturated rings. The van der Waals surface area contributed by atoms with Crippen LogP contribution in [0.2, 0.25) is 0 Å². The van der Waals surface area contributed by atoms with Crippen LogP contribution in [0.1, 0.15) is 39.0 Å². The van der Waals surface area contributed by atoms with Crippen LogP contribution in [0, 0.1) is 0 Å². The Morgan fingerprint density at radius 2 is 2.40 bits per heavy atom. The highest BCUT2D eigenvalue weighted by Gasteiger charge is 2.28. The molecule has 0 spiro atoms. The third-order valence-corrected chi connectivity index (χ3v) is 5.18. The van der Waals surface area contributed by atoms with E-state index in [0.717, 1.165) is 32.6 Å². The standard InChI is InChI=1S/C19H30N4O2/c1-16(19(24)20-10-8-17-6-3-2-4-7-17)22-12-13-25-18(14-22)15-23-11-5-9-21-23/h5-6,9,11,16,18H,2-4,7-8,10,12-15H2,1H3,(H,20,24). The summed E-state index contributed by atoms with van der Waals surface area (Å²) < 4.78 is 7.72. The number of ether oxygens (including phenoxy) is 1. The van der Waals surface area contributed by atoms with E-state index < -0.39 is 0 Å². The average molecular weight is 346 g/mol. The summed E-state index contributed by atoms with van der Waals surface area (Å²) in [5, 5.41) is 7.34. The van der Waals surface area contributed by atoms with Crippen LogP contribution in [-0.2, 0) is 16.1 Å². The summed E-state index contributed by atoms with van der Waals surface area (Å²) in [6, 6.07) is 1.79. The van der Waals surface area contributed by atoms with Gasteiger partial charge >= 0.3 is 0 Å². The average Bonchev–Trinajstić information content (AvgIpc) is 3.15. The fraction of sp³-hybridized carbons (Fsp3) is 0.684. The lowest BCUT2D eigenvalue weighted by molar-refractivity contribution is -0.129. The third-order valence-electron chi connectivity index (χ3n) is 5.18. The van der Waals surface area contributed by atoms with Gasteiger partial charge in [0, 0.05) is 32.0 Å². The molecule has 1 aliphatic heterocycles. The van der Waals surface area contributed by atoms with E-state index >= 15 is 0 Å². The Morgan fingerprint density at radius 1 is 1.48 bits per heavy atom. The number of nitrogens with one attached hydrogen (secondary N) is 1. The van der Waals surface area contributed by atoms with Crippen LogP contribution < -0.4 is 5.32 Å². The Labute approximate surface area is 150 Å². The molecule has 138 valence electrons. The number of amides is 1. The molecule has 2 unspecified atom stereocenters. The Bertz CT molecular complexity index is 570. The summed E-state index contributed by atoms with van der Waals surface area (Å²) in [5.74, 6) is 0.121. The van der Waals surface area contributed by atoms with Crippen molar-refractivity contribution in [3.63, 3.8) is 0 Å². The lowest BCUT2D eigenvalue weighted by Gasteiger charge is -2.36. The highest BCUT2D eigenvalue weighted by atomic mass is 16.5. The largest absolute Gasteiger partial charge is 0.374 e. The molecule has 1 aromatic rings. The lowest BCUT2D eigenvalue weighted by Crippen LogP contribution is -2.53. The van der Waals surface area contributed by atoms with Crippen LogP contribution >= 0.6 is 0 Å². The van der Waals surface area contributed by atoms with E-state index in [9.17, 15) is 4.79 Å². The Balaban J connectivity index is 1.42. The molecule has 6 heteroatoms. The minimum atomic E-state index is -0.121. The highest BCUT2D eigenvalue weighted by Crippen LogP contribution is 2.19. The maximum absolute atomic E-state index is 12.5. The number of morpholine rings is 1. The minimum absolute atomic E-state index is 0.0799. The molecule has 2 aliphatic rings. The first-order chi connectivity index (χ1) is 12.2. The molecule has 0 bridgehead atoms. The summed E-state index contributed by atoms with van der Waals surface area (Å²) in [6.45, 7) is 5.69. The maximum Gasteiger partial charge on any atom is 0.237 e. The first-order valence-electron chi connectivity index (χ1n) is 9.51. The van der Waals surface area contributed by atoms with Crippen molar-refractivity contribution in [1.29, 1.82) is 0 Å². The van der Waals surface area contributed by atoms with Gasteiger partial charge in [-0.25, -0.2) is 0 Å². The molecule has 3 rings (SSSR count). The predicted octanol–water partition coefficient (Wildman–Crippen LogP) is 1.98. The van der Waals surface area contributed by atoms with Crippen molar-refractivity contribution in [3.8, 4) is 0 Å². The second kappa shape index (κ2) is 9.15. The molecule has 2 heterocycles. The molecule has 1 aliphatic carbocycles. The Kier molecular flexibility index (Phi) is 6.64. The summed E-state index contributed by atoms with van der Waals surface area (Å²) in [5.41, 5.74) is 1.50. The maximum atomic E-state index is 12.5. The Hall–Kier alpha value is -1.66. The quantitative estimate of drug-likeness (QED) is 0.767. The second-order valence-corrected chi connectivity index (χ2v) is 7.04. The van der Waals surface area contributed by atoms with Gasteiger partial charge < -0.3 is 10.1 Å². The topological polar surface area (TPSA) is 59.4 Å². The number of hydrogen-bond acceptors (Lipinski definition) is 4. The van der Waals surface area contributed by atoms with Crippen molar-refractivity contribution in [2.24, 2.45) is 0 Å². The zero-order chi connectivity index (χ0) is 17.5. The number of carbonyl (C=O) groups is 1. The number of allylic oxidation sites excluding steroid dienone is 1. The van der Waals surface area contributed by atoms with Crippen molar-refractivity contribution in [3.05, 3.63) is 30.1 Å². The van der Waals surface area contributed by atoms with Gasteiger partial charge in [0.25, 0.3) is 0 Å². The molecule has 0 aromatic carbocycles. The normalized spacial score (nSPS) is 23.1. The van der Waals surface area contributed by atoms with Gasteiger partial charge in [0.15, 0.2) is 0 Å². The zero-order valence-corrected chi connectivity index (χ0v) is 15.2. The van der Waals surface area contributed by atoms with Crippen LogP contribution in [0.4, 0.5) is 0 Å². The van der Waals surface area contributed by atoms with Gasteiger partial charge in [-0.3, -0.25) is 14.4 Å². The van der Waals surface area contributed by atoms with E-state index in [1.54, 1.807) is 6.20 Å². The molecule has 25 heavy (non-hydrogen) atoms. The molecule has 6 nitrogen and oxygen atoms in total. The smallest absolute Gasteiger partial charge is 0.237 e. The molecule has 0 radical (unpaired) electrons. The monoisotopic (exact) mass is 346 g/mol. The zero-order valence-electron chi connectivity index (χ0n) is 15.2. The van der Waals surface area contributed by atoms with Crippen molar-refractivity contribution < 1.29 is 9.53 Å². The number of nitrogens with zero attached hydrogens (tertiary/aromatic N) is 3. The van der Waals surface area contributed by atoms with Crippen LogP contribution in [0.5, 0.6) is 0 Å². The summed E-state index contributed by atoms with van der Waals surface area (Å²) in [6.07, 6.45) is 12.1. The molecular weight excluding hydrogens is 316 g/mol. The van der Waals surface area contributed by atoms with Crippen LogP contribution in [0.25, 0.3) is 0 Å². The van der Waals surface area contributed by atoms with Gasteiger partial charge in [-0.2, -0.15) is 5.10 Å².